The molecule has 11 heavy (non-hydrogen) atoms. The van der Waals surface area contributed by atoms with E-state index in [-0.39, 0.29) is 6.07 Å². The van der Waals surface area contributed by atoms with Gasteiger partial charge in [0.15, 0.2) is 0 Å². The van der Waals surface area contributed by atoms with E-state index in [2.05, 4.69) is 11.6 Å². The van der Waals surface area contributed by atoms with Crippen LogP contribution in [0, 0.1) is 11.3 Å². The Morgan fingerprint density at radius 2 is 1.73 bits per heavy atom. The molecule has 7 heteroatoms. The van der Waals surface area contributed by atoms with Crippen molar-refractivity contribution in [3.63, 3.8) is 0 Å². The lowest BCUT2D eigenvalue weighted by Gasteiger charge is -2.09. The highest BCUT2D eigenvalue weighted by molar-refractivity contribution is 6.33. The van der Waals surface area contributed by atoms with Crippen LogP contribution in [-0.4, -0.2) is 17.1 Å². The quantitative estimate of drug-likeness (QED) is 0.488. The summed E-state index contributed by atoms with van der Waals surface area (Å²) in [5.41, 5.74) is 0. The van der Waals surface area contributed by atoms with Gasteiger partial charge in [-0.05, 0) is 11.6 Å². The molecule has 2 nitrogen and oxygen atoms in total. The molecule has 0 heterocycles. The summed E-state index contributed by atoms with van der Waals surface area (Å²) in [6.07, 6.45) is 0. The fraction of sp³-hybridized carbons (Fsp3) is 0.500. The number of carbonyl (C=O) groups excluding carboxylic acids is 1. The van der Waals surface area contributed by atoms with Gasteiger partial charge in [0.1, 0.15) is 6.07 Å². The van der Waals surface area contributed by atoms with E-state index in [1.807, 2.05) is 0 Å². The van der Waals surface area contributed by atoms with Crippen LogP contribution in [0.4, 0.5) is 17.6 Å². The molecule has 0 bridgehead atoms. The van der Waals surface area contributed by atoms with E-state index in [0.29, 0.717) is 0 Å². The van der Waals surface area contributed by atoms with E-state index in [9.17, 15) is 22.4 Å². The molecule has 0 aliphatic carbocycles. The fourth-order valence-corrected chi connectivity index (χ4v) is 0.347. The average Bonchev–Trinajstić information content (AvgIpc) is 1.84. The van der Waals surface area contributed by atoms with E-state index in [1.54, 1.807) is 0 Å². The number of hydrogen-bond donors (Lipinski definition) is 0. The summed E-state index contributed by atoms with van der Waals surface area (Å²) in [4.78, 5) is 9.86. The standard InChI is InChI=1S/C4ClF4NO/c5-4(8,9)2(11)3(6,7)1-10. The summed E-state index contributed by atoms with van der Waals surface area (Å²) in [6.45, 7) is 0. The summed E-state index contributed by atoms with van der Waals surface area (Å²) in [5, 5.41) is 2.82. The largest absolute Gasteiger partial charge is 0.396 e. The van der Waals surface area contributed by atoms with Crippen LogP contribution >= 0.6 is 11.6 Å². The number of Topliss-reactive ketones (excluding diaryl/α,β-unsaturated/α-hetero) is 1. The Morgan fingerprint density at radius 1 is 1.36 bits per heavy atom. The SMILES string of the molecule is N#CC(F)(F)C(=O)C(F)(F)Cl. The number of hydrogen-bond acceptors (Lipinski definition) is 2. The third kappa shape index (κ3) is 2.35. The van der Waals surface area contributed by atoms with Crippen LogP contribution in [0.25, 0.3) is 0 Å². The Balaban J connectivity index is 4.68. The van der Waals surface area contributed by atoms with Gasteiger partial charge in [-0.2, -0.15) is 22.8 Å². The lowest BCUT2D eigenvalue weighted by atomic mass is 10.2. The summed E-state index contributed by atoms with van der Waals surface area (Å²) >= 11 is 3.93. The summed E-state index contributed by atoms with van der Waals surface area (Å²) < 4.78 is 46.7. The van der Waals surface area contributed by atoms with Gasteiger partial charge in [-0.3, -0.25) is 4.79 Å². The van der Waals surface area contributed by atoms with Crippen molar-refractivity contribution < 1.29 is 22.4 Å². The molecule has 0 aromatic heterocycles. The number of halogens is 5. The molecule has 0 aliphatic heterocycles. The maximum Gasteiger partial charge on any atom is 0.396 e. The van der Waals surface area contributed by atoms with Gasteiger partial charge in [0, 0.05) is 0 Å². The van der Waals surface area contributed by atoms with E-state index >= 15 is 0 Å². The van der Waals surface area contributed by atoms with Gasteiger partial charge in [-0.25, -0.2) is 0 Å². The van der Waals surface area contributed by atoms with Crippen LogP contribution in [0.1, 0.15) is 0 Å². The minimum atomic E-state index is -4.73. The Hall–Kier alpha value is -0.830. The Morgan fingerprint density at radius 3 is 1.82 bits per heavy atom. The molecular formula is C4ClF4NO. The number of nitriles is 1. The second-order valence-corrected chi connectivity index (χ2v) is 1.99. The molecule has 0 amide bonds. The topological polar surface area (TPSA) is 40.9 Å². The van der Waals surface area contributed by atoms with Crippen molar-refractivity contribution in [3.05, 3.63) is 0 Å². The summed E-state index contributed by atoms with van der Waals surface area (Å²) in [6, 6.07) is 0.100. The van der Waals surface area contributed by atoms with Gasteiger partial charge >= 0.3 is 17.1 Å². The molecule has 0 aliphatic rings. The van der Waals surface area contributed by atoms with Crippen molar-refractivity contribution >= 4 is 17.4 Å². The molecule has 0 atom stereocenters. The van der Waals surface area contributed by atoms with Crippen LogP contribution in [0.5, 0.6) is 0 Å². The highest BCUT2D eigenvalue weighted by atomic mass is 35.5. The fourth-order valence-electron chi connectivity index (χ4n) is 0.229. The Labute approximate surface area is 63.4 Å². The molecule has 0 spiro atoms. The van der Waals surface area contributed by atoms with Crippen LogP contribution in [-0.2, 0) is 4.79 Å². The number of alkyl halides is 5. The monoisotopic (exact) mass is 189 g/mol. The van der Waals surface area contributed by atoms with Crippen molar-refractivity contribution in [1.29, 1.82) is 5.26 Å². The van der Waals surface area contributed by atoms with Gasteiger partial charge in [-0.1, -0.05) is 0 Å². The van der Waals surface area contributed by atoms with Crippen LogP contribution in [0.15, 0.2) is 0 Å². The predicted octanol–water partition coefficient (Wildman–Crippen LogP) is 1.55. The van der Waals surface area contributed by atoms with Gasteiger partial charge in [-0.15, -0.1) is 0 Å². The first kappa shape index (κ1) is 10.2. The first-order valence-corrected chi connectivity index (χ1v) is 2.50. The number of rotatable bonds is 2. The minimum absolute atomic E-state index is 0.100. The first-order chi connectivity index (χ1) is 4.72. The Bertz CT molecular complexity index is 215. The van der Waals surface area contributed by atoms with Crippen LogP contribution < -0.4 is 0 Å². The minimum Gasteiger partial charge on any atom is -0.283 e. The highest BCUT2D eigenvalue weighted by Crippen LogP contribution is 2.28. The van der Waals surface area contributed by atoms with Crippen molar-refractivity contribution in [2.24, 2.45) is 0 Å². The highest BCUT2D eigenvalue weighted by Gasteiger charge is 2.53. The molecule has 62 valence electrons. The number of ketones is 1. The zero-order valence-corrected chi connectivity index (χ0v) is 5.50. The maximum atomic E-state index is 11.8. The van der Waals surface area contributed by atoms with Crippen molar-refractivity contribution in [2.75, 3.05) is 0 Å². The van der Waals surface area contributed by atoms with Gasteiger partial charge in [0.25, 0.3) is 0 Å². The Kier molecular flexibility index (Phi) is 2.46. The molecule has 0 saturated heterocycles. The third-order valence-corrected chi connectivity index (χ3v) is 0.855. The van der Waals surface area contributed by atoms with Gasteiger partial charge in [0.05, 0.1) is 0 Å². The van der Waals surface area contributed by atoms with Crippen molar-refractivity contribution in [3.8, 4) is 6.07 Å². The molecule has 0 aromatic rings. The number of carbonyl (C=O) groups is 1. The van der Waals surface area contributed by atoms with Crippen molar-refractivity contribution in [1.82, 2.24) is 0 Å². The van der Waals surface area contributed by atoms with E-state index in [4.69, 9.17) is 5.26 Å². The third-order valence-electron chi connectivity index (χ3n) is 0.683. The van der Waals surface area contributed by atoms with E-state index < -0.39 is 17.1 Å². The molecule has 0 fully saturated rings. The molecule has 0 rings (SSSR count). The lowest BCUT2D eigenvalue weighted by molar-refractivity contribution is -0.151. The normalized spacial score (nSPS) is 12.4. The van der Waals surface area contributed by atoms with Crippen LogP contribution in [0.2, 0.25) is 0 Å². The van der Waals surface area contributed by atoms with Crippen LogP contribution in [0.3, 0.4) is 0 Å². The average molecular weight is 189 g/mol. The lowest BCUT2D eigenvalue weighted by Crippen LogP contribution is -2.38. The molecule has 0 aromatic carbocycles. The van der Waals surface area contributed by atoms with E-state index in [0.717, 1.165) is 0 Å². The summed E-state index contributed by atoms with van der Waals surface area (Å²) in [5.74, 6) is -7.64. The molecule has 0 saturated carbocycles. The second kappa shape index (κ2) is 2.66. The maximum absolute atomic E-state index is 11.8. The first-order valence-electron chi connectivity index (χ1n) is 2.12. The molecule has 0 unspecified atom stereocenters. The van der Waals surface area contributed by atoms with E-state index in [1.165, 1.54) is 0 Å². The zero-order chi connectivity index (χ0) is 9.28. The predicted molar refractivity (Wildman–Crippen MR) is 26.4 cm³/mol. The molecule has 0 radical (unpaired) electrons. The van der Waals surface area contributed by atoms with Crippen molar-refractivity contribution in [2.45, 2.75) is 11.3 Å². The molecule has 0 N–H and O–H groups in total. The summed E-state index contributed by atoms with van der Waals surface area (Å²) in [7, 11) is 0. The van der Waals surface area contributed by atoms with Gasteiger partial charge in [0.2, 0.25) is 0 Å². The second-order valence-electron chi connectivity index (χ2n) is 1.51. The molecular weight excluding hydrogens is 189 g/mol. The number of nitrogens with zero attached hydrogens (tertiary/aromatic N) is 1. The van der Waals surface area contributed by atoms with Gasteiger partial charge < -0.3 is 0 Å². The smallest absolute Gasteiger partial charge is 0.283 e. The zero-order valence-electron chi connectivity index (χ0n) is 4.75.